The molecule has 2 N–H and O–H groups in total. The molecule has 1 heterocycles. The Balaban J connectivity index is 1.80. The van der Waals surface area contributed by atoms with Crippen LogP contribution in [-0.4, -0.2) is 27.8 Å². The minimum absolute atomic E-state index is 0.00987. The molecule has 0 saturated heterocycles. The van der Waals surface area contributed by atoms with Crippen molar-refractivity contribution in [2.75, 3.05) is 6.54 Å². The third kappa shape index (κ3) is 5.04. The molecule has 1 aromatic heterocycles. The first-order valence-electron chi connectivity index (χ1n) is 7.05. The van der Waals surface area contributed by atoms with Crippen molar-refractivity contribution < 1.29 is 4.79 Å². The second-order valence-corrected chi connectivity index (χ2v) is 6.02. The summed E-state index contributed by atoms with van der Waals surface area (Å²) in [6, 6.07) is 9.99. The Morgan fingerprint density at radius 3 is 2.52 bits per heavy atom. The van der Waals surface area contributed by atoms with Gasteiger partial charge in [-0.05, 0) is 44.5 Å². The molecule has 2 aromatic rings. The summed E-state index contributed by atoms with van der Waals surface area (Å²) in [4.78, 5) is 11.7. The lowest BCUT2D eigenvalue weighted by molar-refractivity contribution is -0.121. The van der Waals surface area contributed by atoms with E-state index in [1.165, 1.54) is 0 Å². The van der Waals surface area contributed by atoms with Crippen molar-refractivity contribution in [2.45, 2.75) is 32.9 Å². The fourth-order valence-electron chi connectivity index (χ4n) is 1.97. The van der Waals surface area contributed by atoms with E-state index in [0.29, 0.717) is 13.1 Å². The van der Waals surface area contributed by atoms with Gasteiger partial charge in [-0.15, -0.1) is 0 Å². The first-order chi connectivity index (χ1) is 9.94. The highest BCUT2D eigenvalue weighted by Crippen LogP contribution is 2.08. The normalized spacial score (nSPS) is 11.4. The molecule has 21 heavy (non-hydrogen) atoms. The molecule has 112 valence electrons. The number of rotatable bonds is 5. The van der Waals surface area contributed by atoms with Gasteiger partial charge in [0.05, 0.1) is 12.2 Å². The van der Waals surface area contributed by atoms with Crippen LogP contribution in [0.1, 0.15) is 26.3 Å². The predicted molar refractivity (Wildman–Crippen MR) is 83.2 cm³/mol. The molecule has 1 aromatic carbocycles. The summed E-state index contributed by atoms with van der Waals surface area (Å²) in [5, 5.41) is 10.2. The summed E-state index contributed by atoms with van der Waals surface area (Å²) in [5.74, 6) is 0.00987. The second kappa shape index (κ2) is 6.54. The highest BCUT2D eigenvalue weighted by atomic mass is 16.2. The largest absolute Gasteiger partial charge is 0.350 e. The quantitative estimate of drug-likeness (QED) is 0.882. The fraction of sp³-hybridized carbons (Fsp3) is 0.375. The van der Waals surface area contributed by atoms with Gasteiger partial charge in [-0.2, -0.15) is 5.10 Å². The minimum Gasteiger partial charge on any atom is -0.350 e. The third-order valence-electron chi connectivity index (χ3n) is 2.83. The summed E-state index contributed by atoms with van der Waals surface area (Å²) < 4.78 is 1.81. The Morgan fingerprint density at radius 2 is 1.95 bits per heavy atom. The maximum absolute atomic E-state index is 11.7. The molecule has 0 aliphatic rings. The van der Waals surface area contributed by atoms with E-state index in [9.17, 15) is 4.79 Å². The molecule has 0 bridgehead atoms. The monoisotopic (exact) mass is 286 g/mol. The smallest absolute Gasteiger partial charge is 0.234 e. The second-order valence-electron chi connectivity index (χ2n) is 6.02. The Labute approximate surface area is 125 Å². The molecule has 0 radical (unpaired) electrons. The van der Waals surface area contributed by atoms with E-state index >= 15 is 0 Å². The van der Waals surface area contributed by atoms with E-state index in [2.05, 4.69) is 15.7 Å². The van der Waals surface area contributed by atoms with Crippen molar-refractivity contribution in [3.05, 3.63) is 48.3 Å². The maximum atomic E-state index is 11.7. The van der Waals surface area contributed by atoms with Gasteiger partial charge in [0.15, 0.2) is 0 Å². The van der Waals surface area contributed by atoms with Gasteiger partial charge in [0.2, 0.25) is 5.91 Å². The molecule has 5 heteroatoms. The molecule has 5 nitrogen and oxygen atoms in total. The van der Waals surface area contributed by atoms with Crippen LogP contribution in [0.5, 0.6) is 0 Å². The van der Waals surface area contributed by atoms with Crippen molar-refractivity contribution >= 4 is 5.91 Å². The maximum Gasteiger partial charge on any atom is 0.234 e. The predicted octanol–water partition coefficient (Wildman–Crippen LogP) is 1.88. The first kappa shape index (κ1) is 15.3. The van der Waals surface area contributed by atoms with Gasteiger partial charge in [0, 0.05) is 24.5 Å². The van der Waals surface area contributed by atoms with Crippen LogP contribution in [0.25, 0.3) is 5.69 Å². The summed E-state index contributed by atoms with van der Waals surface area (Å²) in [6.45, 7) is 6.89. The van der Waals surface area contributed by atoms with Crippen LogP contribution < -0.4 is 10.6 Å². The molecular formula is C16H22N4O. The molecular weight excluding hydrogens is 264 g/mol. The lowest BCUT2D eigenvalue weighted by Gasteiger charge is -2.20. The van der Waals surface area contributed by atoms with Crippen molar-refractivity contribution in [1.29, 1.82) is 0 Å². The standard InChI is InChI=1S/C16H22N4O/c1-16(2,3)19-15(21)12-17-11-13-5-7-14(8-6-13)20-10-4-9-18-20/h4-10,17H,11-12H2,1-3H3,(H,19,21). The van der Waals surface area contributed by atoms with Crippen LogP contribution in [0.4, 0.5) is 0 Å². The number of hydrogen-bond donors (Lipinski definition) is 2. The van der Waals surface area contributed by atoms with Crippen molar-refractivity contribution in [3.63, 3.8) is 0 Å². The van der Waals surface area contributed by atoms with Crippen LogP contribution >= 0.6 is 0 Å². The number of hydrogen-bond acceptors (Lipinski definition) is 3. The molecule has 0 aliphatic heterocycles. The molecule has 0 atom stereocenters. The fourth-order valence-corrected chi connectivity index (χ4v) is 1.97. The summed E-state index contributed by atoms with van der Waals surface area (Å²) in [5.41, 5.74) is 1.97. The molecule has 2 rings (SSSR count). The molecule has 0 spiro atoms. The lowest BCUT2D eigenvalue weighted by atomic mass is 10.1. The molecule has 1 amide bonds. The zero-order valence-corrected chi connectivity index (χ0v) is 12.8. The van der Waals surface area contributed by atoms with Crippen LogP contribution in [0, 0.1) is 0 Å². The van der Waals surface area contributed by atoms with E-state index in [4.69, 9.17) is 0 Å². The average Bonchev–Trinajstić information content (AvgIpc) is 2.91. The van der Waals surface area contributed by atoms with Gasteiger partial charge in [0.1, 0.15) is 0 Å². The average molecular weight is 286 g/mol. The van der Waals surface area contributed by atoms with E-state index in [0.717, 1.165) is 11.3 Å². The third-order valence-corrected chi connectivity index (χ3v) is 2.83. The Kier molecular flexibility index (Phi) is 4.75. The lowest BCUT2D eigenvalue weighted by Crippen LogP contribution is -2.44. The molecule has 0 aliphatic carbocycles. The SMILES string of the molecule is CC(C)(C)NC(=O)CNCc1ccc(-n2cccn2)cc1. The Morgan fingerprint density at radius 1 is 1.24 bits per heavy atom. The van der Waals surface area contributed by atoms with E-state index in [1.807, 2.05) is 62.0 Å². The van der Waals surface area contributed by atoms with Crippen LogP contribution in [-0.2, 0) is 11.3 Å². The van der Waals surface area contributed by atoms with E-state index in [-0.39, 0.29) is 11.4 Å². The van der Waals surface area contributed by atoms with Gasteiger partial charge in [-0.25, -0.2) is 4.68 Å². The number of amides is 1. The molecule has 0 saturated carbocycles. The van der Waals surface area contributed by atoms with Crippen LogP contribution in [0.15, 0.2) is 42.7 Å². The zero-order chi connectivity index (χ0) is 15.3. The highest BCUT2D eigenvalue weighted by molar-refractivity contribution is 5.78. The number of nitrogens with one attached hydrogen (secondary N) is 2. The van der Waals surface area contributed by atoms with Crippen LogP contribution in [0.3, 0.4) is 0 Å². The Bertz CT molecular complexity index is 567. The summed E-state index contributed by atoms with van der Waals surface area (Å²) in [7, 11) is 0. The van der Waals surface area contributed by atoms with Gasteiger partial charge in [0.25, 0.3) is 0 Å². The van der Waals surface area contributed by atoms with Crippen molar-refractivity contribution in [2.24, 2.45) is 0 Å². The van der Waals surface area contributed by atoms with Gasteiger partial charge >= 0.3 is 0 Å². The first-order valence-corrected chi connectivity index (χ1v) is 7.05. The number of nitrogens with zero attached hydrogens (tertiary/aromatic N) is 2. The Hall–Kier alpha value is -2.14. The molecule has 0 unspecified atom stereocenters. The molecule has 0 fully saturated rings. The van der Waals surface area contributed by atoms with Crippen molar-refractivity contribution in [3.8, 4) is 5.69 Å². The minimum atomic E-state index is -0.190. The van der Waals surface area contributed by atoms with Gasteiger partial charge in [-0.3, -0.25) is 4.79 Å². The van der Waals surface area contributed by atoms with Crippen LogP contribution in [0.2, 0.25) is 0 Å². The van der Waals surface area contributed by atoms with E-state index in [1.54, 1.807) is 6.20 Å². The van der Waals surface area contributed by atoms with Gasteiger partial charge < -0.3 is 10.6 Å². The number of carbonyl (C=O) groups is 1. The highest BCUT2D eigenvalue weighted by Gasteiger charge is 2.12. The number of carbonyl (C=O) groups excluding carboxylic acids is 1. The summed E-state index contributed by atoms with van der Waals surface area (Å²) >= 11 is 0. The number of benzene rings is 1. The van der Waals surface area contributed by atoms with Crippen molar-refractivity contribution in [1.82, 2.24) is 20.4 Å². The topological polar surface area (TPSA) is 59.0 Å². The summed E-state index contributed by atoms with van der Waals surface area (Å²) in [6.07, 6.45) is 3.66. The van der Waals surface area contributed by atoms with E-state index < -0.39 is 0 Å². The zero-order valence-electron chi connectivity index (χ0n) is 12.8. The number of aromatic nitrogens is 2. The van der Waals surface area contributed by atoms with Gasteiger partial charge in [-0.1, -0.05) is 12.1 Å².